The fourth-order valence-electron chi connectivity index (χ4n) is 3.31. The van der Waals surface area contributed by atoms with Crippen LogP contribution in [0, 0.1) is 0 Å². The third-order valence-corrected chi connectivity index (χ3v) is 5.75. The summed E-state index contributed by atoms with van der Waals surface area (Å²) in [5.41, 5.74) is 1.54. The van der Waals surface area contributed by atoms with Gasteiger partial charge in [-0.15, -0.1) is 0 Å². The maximum atomic E-state index is 12.9. The molecule has 0 atom stereocenters. The van der Waals surface area contributed by atoms with Crippen molar-refractivity contribution in [1.82, 2.24) is 4.57 Å². The molecule has 2 aromatic carbocycles. The van der Waals surface area contributed by atoms with Crippen molar-refractivity contribution in [2.24, 2.45) is 4.99 Å². The molecule has 0 saturated carbocycles. The van der Waals surface area contributed by atoms with Gasteiger partial charge in [-0.2, -0.15) is 4.99 Å². The lowest BCUT2D eigenvalue weighted by Crippen LogP contribution is -2.20. The second-order valence-corrected chi connectivity index (χ2v) is 7.99. The SMILES string of the molecule is CCOCCn1c(=NC(=O)c2cc(=O)c3ccccc3o2)sc2cc(NC(C)=O)ccc21. The number of carbonyl (C=O) groups excluding carboxylic acids is 2. The van der Waals surface area contributed by atoms with Crippen LogP contribution in [0.25, 0.3) is 21.2 Å². The fraction of sp³-hybridized carbons (Fsp3) is 0.217. The van der Waals surface area contributed by atoms with Gasteiger partial charge in [-0.3, -0.25) is 14.4 Å². The molecule has 4 rings (SSSR count). The first-order chi connectivity index (χ1) is 15.5. The third kappa shape index (κ3) is 4.53. The van der Waals surface area contributed by atoms with Gasteiger partial charge in [0.15, 0.2) is 16.0 Å². The van der Waals surface area contributed by atoms with Gasteiger partial charge in [0.05, 0.1) is 22.2 Å². The van der Waals surface area contributed by atoms with Crippen LogP contribution in [0.3, 0.4) is 0 Å². The number of hydrogen-bond acceptors (Lipinski definition) is 6. The molecule has 0 unspecified atom stereocenters. The Morgan fingerprint density at radius 3 is 2.78 bits per heavy atom. The topological polar surface area (TPSA) is 103 Å². The van der Waals surface area contributed by atoms with Gasteiger partial charge in [-0.05, 0) is 37.3 Å². The molecule has 4 aromatic rings. The summed E-state index contributed by atoms with van der Waals surface area (Å²) in [6.45, 7) is 4.86. The molecule has 0 saturated heterocycles. The minimum atomic E-state index is -0.647. The quantitative estimate of drug-likeness (QED) is 0.452. The number of aromatic nitrogens is 1. The average Bonchev–Trinajstić information content (AvgIpc) is 3.09. The second-order valence-electron chi connectivity index (χ2n) is 6.98. The molecule has 0 aliphatic rings. The van der Waals surface area contributed by atoms with Crippen molar-refractivity contribution in [3.63, 3.8) is 0 Å². The molecule has 8 nitrogen and oxygen atoms in total. The van der Waals surface area contributed by atoms with Crippen LogP contribution in [0.4, 0.5) is 5.69 Å². The van der Waals surface area contributed by atoms with Gasteiger partial charge in [0.25, 0.3) is 0 Å². The van der Waals surface area contributed by atoms with E-state index >= 15 is 0 Å². The van der Waals surface area contributed by atoms with Crippen molar-refractivity contribution < 1.29 is 18.7 Å². The van der Waals surface area contributed by atoms with Crippen LogP contribution in [-0.2, 0) is 16.1 Å². The van der Waals surface area contributed by atoms with E-state index in [0.29, 0.717) is 41.2 Å². The molecule has 0 aliphatic carbocycles. The average molecular weight is 452 g/mol. The summed E-state index contributed by atoms with van der Waals surface area (Å²) in [4.78, 5) is 41.3. The lowest BCUT2D eigenvalue weighted by Gasteiger charge is -2.06. The maximum Gasteiger partial charge on any atom is 0.315 e. The molecular weight excluding hydrogens is 430 g/mol. The first kappa shape index (κ1) is 21.7. The van der Waals surface area contributed by atoms with E-state index in [1.807, 2.05) is 23.6 Å². The lowest BCUT2D eigenvalue weighted by atomic mass is 10.2. The van der Waals surface area contributed by atoms with Crippen LogP contribution in [-0.4, -0.2) is 29.6 Å². The number of amides is 2. The van der Waals surface area contributed by atoms with Crippen LogP contribution < -0.4 is 15.5 Å². The second kappa shape index (κ2) is 9.29. The number of hydrogen-bond donors (Lipinski definition) is 1. The molecule has 0 bridgehead atoms. The van der Waals surface area contributed by atoms with Crippen LogP contribution in [0.1, 0.15) is 24.4 Å². The number of nitrogens with one attached hydrogen (secondary N) is 1. The number of ether oxygens (including phenoxy) is 1. The summed E-state index contributed by atoms with van der Waals surface area (Å²) in [6, 6.07) is 13.4. The van der Waals surface area contributed by atoms with Crippen LogP contribution in [0.2, 0.25) is 0 Å². The van der Waals surface area contributed by atoms with Crippen molar-refractivity contribution in [3.05, 3.63) is 69.3 Å². The minimum absolute atomic E-state index is 0.124. The Morgan fingerprint density at radius 2 is 2.00 bits per heavy atom. The first-order valence-electron chi connectivity index (χ1n) is 10.1. The van der Waals surface area contributed by atoms with Gasteiger partial charge < -0.3 is 19.0 Å². The zero-order valence-corrected chi connectivity index (χ0v) is 18.4. The highest BCUT2D eigenvalue weighted by Crippen LogP contribution is 2.22. The summed E-state index contributed by atoms with van der Waals surface area (Å²) >= 11 is 1.30. The highest BCUT2D eigenvalue weighted by Gasteiger charge is 2.14. The summed E-state index contributed by atoms with van der Waals surface area (Å²) in [5.74, 6) is -0.940. The normalized spacial score (nSPS) is 11.9. The number of thiazole rings is 1. The molecule has 0 radical (unpaired) electrons. The van der Waals surface area contributed by atoms with Gasteiger partial charge in [-0.25, -0.2) is 0 Å². The zero-order chi connectivity index (χ0) is 22.7. The highest BCUT2D eigenvalue weighted by molar-refractivity contribution is 7.16. The number of carbonyl (C=O) groups is 2. The first-order valence-corrected chi connectivity index (χ1v) is 10.9. The van der Waals surface area contributed by atoms with E-state index in [1.54, 1.807) is 30.3 Å². The van der Waals surface area contributed by atoms with E-state index < -0.39 is 5.91 Å². The van der Waals surface area contributed by atoms with Crippen LogP contribution in [0.15, 0.2) is 62.7 Å². The summed E-state index contributed by atoms with van der Waals surface area (Å²) < 4.78 is 13.8. The molecule has 0 aliphatic heterocycles. The summed E-state index contributed by atoms with van der Waals surface area (Å²) in [7, 11) is 0. The van der Waals surface area contributed by atoms with Gasteiger partial charge in [0, 0.05) is 31.8 Å². The maximum absolute atomic E-state index is 12.9. The monoisotopic (exact) mass is 451 g/mol. The summed E-state index contributed by atoms with van der Waals surface area (Å²) in [6.07, 6.45) is 0. The van der Waals surface area contributed by atoms with Gasteiger partial charge in [0.1, 0.15) is 5.58 Å². The van der Waals surface area contributed by atoms with Crippen molar-refractivity contribution >= 4 is 50.0 Å². The molecule has 32 heavy (non-hydrogen) atoms. The Kier molecular flexibility index (Phi) is 6.29. The largest absolute Gasteiger partial charge is 0.451 e. The molecule has 2 aromatic heterocycles. The molecular formula is C23H21N3O5S. The number of fused-ring (bicyclic) bond motifs is 2. The Bertz CT molecular complexity index is 1450. The highest BCUT2D eigenvalue weighted by atomic mass is 32.1. The number of anilines is 1. The van der Waals surface area contributed by atoms with Gasteiger partial charge in [0.2, 0.25) is 5.91 Å². The van der Waals surface area contributed by atoms with E-state index in [-0.39, 0.29) is 17.1 Å². The fourth-order valence-corrected chi connectivity index (χ4v) is 4.40. The number of rotatable bonds is 6. The number of para-hydroxylation sites is 1. The lowest BCUT2D eigenvalue weighted by molar-refractivity contribution is -0.114. The number of nitrogens with zero attached hydrogens (tertiary/aromatic N) is 2. The van der Waals surface area contributed by atoms with E-state index in [0.717, 1.165) is 10.2 Å². The van der Waals surface area contributed by atoms with E-state index in [4.69, 9.17) is 9.15 Å². The van der Waals surface area contributed by atoms with Crippen LogP contribution in [0.5, 0.6) is 0 Å². The standard InChI is InChI=1S/C23H21N3O5S/c1-3-30-11-10-26-17-9-8-15(24-14(2)27)12-21(17)32-23(26)25-22(29)20-13-18(28)16-6-4-5-7-19(16)31-20/h4-9,12-13H,3,10-11H2,1-2H3,(H,24,27). The third-order valence-electron chi connectivity index (χ3n) is 4.71. The number of benzene rings is 2. The predicted molar refractivity (Wildman–Crippen MR) is 123 cm³/mol. The predicted octanol–water partition coefficient (Wildman–Crippen LogP) is 3.55. The van der Waals surface area contributed by atoms with Crippen molar-refractivity contribution in [1.29, 1.82) is 0 Å². The Balaban J connectivity index is 1.80. The Hall–Kier alpha value is -3.56. The van der Waals surface area contributed by atoms with E-state index in [2.05, 4.69) is 10.3 Å². The molecule has 1 N–H and O–H groups in total. The van der Waals surface area contributed by atoms with E-state index in [1.165, 1.54) is 24.3 Å². The van der Waals surface area contributed by atoms with E-state index in [9.17, 15) is 14.4 Å². The molecule has 0 fully saturated rings. The van der Waals surface area contributed by atoms with Gasteiger partial charge >= 0.3 is 5.91 Å². The zero-order valence-electron chi connectivity index (χ0n) is 17.6. The van der Waals surface area contributed by atoms with Gasteiger partial charge in [-0.1, -0.05) is 23.5 Å². The molecule has 164 valence electrons. The Labute approximate surface area is 186 Å². The minimum Gasteiger partial charge on any atom is -0.451 e. The van der Waals surface area contributed by atoms with Crippen molar-refractivity contribution in [3.8, 4) is 0 Å². The molecule has 0 spiro atoms. The molecule has 2 amide bonds. The van der Waals surface area contributed by atoms with Crippen LogP contribution >= 0.6 is 11.3 Å². The molecule has 9 heteroatoms. The summed E-state index contributed by atoms with van der Waals surface area (Å²) in [5, 5.41) is 3.16. The smallest absolute Gasteiger partial charge is 0.315 e. The molecule has 2 heterocycles. The Morgan fingerprint density at radius 1 is 1.19 bits per heavy atom. The van der Waals surface area contributed by atoms with Crippen molar-refractivity contribution in [2.75, 3.05) is 18.5 Å². The van der Waals surface area contributed by atoms with Crippen molar-refractivity contribution in [2.45, 2.75) is 20.4 Å².